The van der Waals surface area contributed by atoms with Crippen LogP contribution in [0.2, 0.25) is 5.02 Å². The first-order chi connectivity index (χ1) is 8.16. The van der Waals surface area contributed by atoms with E-state index in [4.69, 9.17) is 11.6 Å². The minimum absolute atomic E-state index is 0.0660. The van der Waals surface area contributed by atoms with Crippen molar-refractivity contribution >= 4 is 43.1 Å². The predicted molar refractivity (Wildman–Crippen MR) is 75.3 cm³/mol. The van der Waals surface area contributed by atoms with E-state index in [2.05, 4.69) is 0 Å². The Morgan fingerprint density at radius 3 is 2.65 bits per heavy atom. The molecule has 0 spiro atoms. The van der Waals surface area contributed by atoms with Crippen LogP contribution in [0.15, 0.2) is 41.2 Å². The van der Waals surface area contributed by atoms with Crippen molar-refractivity contribution in [2.45, 2.75) is 6.92 Å². The van der Waals surface area contributed by atoms with Crippen LogP contribution >= 0.6 is 22.9 Å². The number of rotatable bonds is 0. The van der Waals surface area contributed by atoms with Gasteiger partial charge in [-0.3, -0.25) is 4.79 Å². The molecule has 0 saturated heterocycles. The third-order valence-corrected chi connectivity index (χ3v) is 4.40. The molecule has 0 fully saturated rings. The first-order valence-electron chi connectivity index (χ1n) is 5.28. The molecule has 3 aromatic rings. The molecule has 3 heteroatoms. The molecule has 0 N–H and O–H groups in total. The van der Waals surface area contributed by atoms with Crippen molar-refractivity contribution in [2.24, 2.45) is 0 Å². The van der Waals surface area contributed by atoms with Crippen molar-refractivity contribution in [1.82, 2.24) is 0 Å². The van der Waals surface area contributed by atoms with Crippen molar-refractivity contribution in [3.8, 4) is 0 Å². The fourth-order valence-corrected chi connectivity index (χ4v) is 3.24. The van der Waals surface area contributed by atoms with Gasteiger partial charge in [0, 0.05) is 25.2 Å². The minimum atomic E-state index is 0.0660. The highest BCUT2D eigenvalue weighted by molar-refractivity contribution is 7.24. The Kier molecular flexibility index (Phi) is 2.42. The Morgan fingerprint density at radius 1 is 1.06 bits per heavy atom. The van der Waals surface area contributed by atoms with Gasteiger partial charge in [-0.05, 0) is 36.8 Å². The predicted octanol–water partition coefficient (Wildman–Crippen LogP) is 4.38. The van der Waals surface area contributed by atoms with Crippen LogP contribution in [0.3, 0.4) is 0 Å². The molecule has 84 valence electrons. The zero-order chi connectivity index (χ0) is 12.0. The molecule has 0 unspecified atom stereocenters. The zero-order valence-corrected chi connectivity index (χ0v) is 10.7. The lowest BCUT2D eigenvalue weighted by molar-refractivity contribution is 1.51. The van der Waals surface area contributed by atoms with Crippen molar-refractivity contribution < 1.29 is 0 Å². The molecular weight excluding hydrogens is 252 g/mol. The largest absolute Gasteiger partial charge is 0.289 e. The highest BCUT2D eigenvalue weighted by atomic mass is 35.5. The Labute approximate surface area is 107 Å². The molecule has 0 radical (unpaired) electrons. The van der Waals surface area contributed by atoms with Crippen LogP contribution in [-0.4, -0.2) is 0 Å². The van der Waals surface area contributed by atoms with Crippen molar-refractivity contribution in [2.75, 3.05) is 0 Å². The average Bonchev–Trinajstić information content (AvgIpc) is 2.32. The molecule has 1 aromatic heterocycles. The van der Waals surface area contributed by atoms with Gasteiger partial charge in [0.15, 0.2) is 5.43 Å². The lowest BCUT2D eigenvalue weighted by atomic mass is 10.1. The number of aryl methyl sites for hydroxylation is 1. The Bertz CT molecular complexity index is 789. The van der Waals surface area contributed by atoms with E-state index in [-0.39, 0.29) is 5.43 Å². The fourth-order valence-electron chi connectivity index (χ4n) is 1.92. The summed E-state index contributed by atoms with van der Waals surface area (Å²) in [7, 11) is 0. The third-order valence-electron chi connectivity index (χ3n) is 2.86. The van der Waals surface area contributed by atoms with Gasteiger partial charge in [0.05, 0.1) is 0 Å². The van der Waals surface area contributed by atoms with Crippen LogP contribution in [0.1, 0.15) is 5.56 Å². The van der Waals surface area contributed by atoms with E-state index in [0.29, 0.717) is 10.4 Å². The molecule has 1 nitrogen and oxygen atoms in total. The second-order valence-electron chi connectivity index (χ2n) is 4.02. The number of hydrogen-bond donors (Lipinski definition) is 0. The number of halogens is 1. The quantitative estimate of drug-likeness (QED) is 0.549. The van der Waals surface area contributed by atoms with Gasteiger partial charge in [-0.15, -0.1) is 11.3 Å². The highest BCUT2D eigenvalue weighted by Gasteiger charge is 2.07. The van der Waals surface area contributed by atoms with E-state index in [9.17, 15) is 4.79 Å². The molecule has 3 rings (SSSR count). The summed E-state index contributed by atoms with van der Waals surface area (Å²) in [5, 5.41) is 2.13. The molecule has 0 saturated carbocycles. The first-order valence-corrected chi connectivity index (χ1v) is 6.48. The number of hydrogen-bond acceptors (Lipinski definition) is 2. The number of fused-ring (bicyclic) bond motifs is 2. The Balaban J connectivity index is 2.60. The molecule has 0 aliphatic rings. The normalized spacial score (nSPS) is 11.2. The molecule has 0 amide bonds. The van der Waals surface area contributed by atoms with Crippen molar-refractivity contribution in [1.29, 1.82) is 0 Å². The number of benzene rings is 2. The summed E-state index contributed by atoms with van der Waals surface area (Å²) < 4.78 is 2.02. The molecule has 0 bridgehead atoms. The summed E-state index contributed by atoms with van der Waals surface area (Å²) >= 11 is 7.71. The minimum Gasteiger partial charge on any atom is -0.289 e. The second kappa shape index (κ2) is 3.83. The van der Waals surface area contributed by atoms with Crippen LogP contribution in [0, 0.1) is 6.92 Å². The van der Waals surface area contributed by atoms with Gasteiger partial charge in [0.25, 0.3) is 0 Å². The van der Waals surface area contributed by atoms with E-state index >= 15 is 0 Å². The lowest BCUT2D eigenvalue weighted by Gasteiger charge is -2.03. The van der Waals surface area contributed by atoms with Gasteiger partial charge in [-0.25, -0.2) is 0 Å². The maximum Gasteiger partial charge on any atom is 0.195 e. The Hall–Kier alpha value is -1.38. The SMILES string of the molecule is Cc1cc2sc3ccccc3c(=O)c2cc1Cl. The molecule has 2 aromatic carbocycles. The summed E-state index contributed by atoms with van der Waals surface area (Å²) in [6.45, 7) is 1.95. The molecule has 17 heavy (non-hydrogen) atoms. The van der Waals surface area contributed by atoms with Crippen LogP contribution in [0.5, 0.6) is 0 Å². The summed E-state index contributed by atoms with van der Waals surface area (Å²) in [5.41, 5.74) is 1.07. The van der Waals surface area contributed by atoms with Gasteiger partial charge in [0.1, 0.15) is 0 Å². The maximum atomic E-state index is 12.3. The van der Waals surface area contributed by atoms with E-state index in [0.717, 1.165) is 20.3 Å². The fraction of sp³-hybridized carbons (Fsp3) is 0.0714. The zero-order valence-electron chi connectivity index (χ0n) is 9.16. The van der Waals surface area contributed by atoms with Crippen molar-refractivity contribution in [3.63, 3.8) is 0 Å². The second-order valence-corrected chi connectivity index (χ2v) is 5.52. The van der Waals surface area contributed by atoms with Crippen molar-refractivity contribution in [3.05, 3.63) is 57.2 Å². The van der Waals surface area contributed by atoms with Crippen LogP contribution in [-0.2, 0) is 0 Å². The van der Waals surface area contributed by atoms with Gasteiger partial charge >= 0.3 is 0 Å². The van der Waals surface area contributed by atoms with E-state index in [1.165, 1.54) is 0 Å². The van der Waals surface area contributed by atoms with E-state index in [1.807, 2.05) is 37.3 Å². The highest BCUT2D eigenvalue weighted by Crippen LogP contribution is 2.28. The maximum absolute atomic E-state index is 12.3. The summed E-state index contributed by atoms with van der Waals surface area (Å²) in [6.07, 6.45) is 0. The van der Waals surface area contributed by atoms with Crippen LogP contribution in [0.25, 0.3) is 20.2 Å². The smallest absolute Gasteiger partial charge is 0.195 e. The monoisotopic (exact) mass is 260 g/mol. The average molecular weight is 261 g/mol. The molecule has 0 atom stereocenters. The molecule has 1 heterocycles. The summed E-state index contributed by atoms with van der Waals surface area (Å²) in [4.78, 5) is 12.3. The summed E-state index contributed by atoms with van der Waals surface area (Å²) in [5.74, 6) is 0. The van der Waals surface area contributed by atoms with Crippen LogP contribution < -0.4 is 5.43 Å². The lowest BCUT2D eigenvalue weighted by Crippen LogP contribution is -2.00. The van der Waals surface area contributed by atoms with E-state index < -0.39 is 0 Å². The topological polar surface area (TPSA) is 17.1 Å². The third kappa shape index (κ3) is 1.65. The van der Waals surface area contributed by atoms with Crippen LogP contribution in [0.4, 0.5) is 0 Å². The molecular formula is C14H9ClOS. The van der Waals surface area contributed by atoms with Gasteiger partial charge < -0.3 is 0 Å². The molecule has 0 aliphatic heterocycles. The Morgan fingerprint density at radius 2 is 1.82 bits per heavy atom. The summed E-state index contributed by atoms with van der Waals surface area (Å²) in [6, 6.07) is 11.4. The first kappa shape index (κ1) is 10.8. The van der Waals surface area contributed by atoms with E-state index in [1.54, 1.807) is 17.4 Å². The van der Waals surface area contributed by atoms with Gasteiger partial charge in [-0.1, -0.05) is 23.7 Å². The standard InChI is InChI=1S/C14H9ClOS/c1-8-6-13-10(7-11(8)15)14(16)9-4-2-3-5-12(9)17-13/h2-7H,1H3. The van der Waals surface area contributed by atoms with Gasteiger partial charge in [0.2, 0.25) is 0 Å². The molecule has 0 aliphatic carbocycles. The van der Waals surface area contributed by atoms with Gasteiger partial charge in [-0.2, -0.15) is 0 Å².